The Hall–Kier alpha value is -2.73. The maximum atomic E-state index is 12.0. The number of hydrogen-bond acceptors (Lipinski definition) is 5. The molecule has 1 aromatic heterocycles. The van der Waals surface area contributed by atoms with Gasteiger partial charge in [0.15, 0.2) is 11.9 Å². The Morgan fingerprint density at radius 1 is 1.12 bits per heavy atom. The normalized spacial score (nSPS) is 11.5. The third-order valence-electron chi connectivity index (χ3n) is 3.59. The van der Waals surface area contributed by atoms with Crippen LogP contribution in [0.4, 0.5) is 5.82 Å². The van der Waals surface area contributed by atoms with Gasteiger partial charge >= 0.3 is 5.97 Å². The second-order valence-electron chi connectivity index (χ2n) is 5.77. The van der Waals surface area contributed by atoms with Gasteiger partial charge in [-0.2, -0.15) is 0 Å². The first-order valence-electron chi connectivity index (χ1n) is 8.07. The SMILES string of the molecule is Cc1ccc(C(=O)CCC(=O)O[C@@H](C)C(=O)Nc2ccc(Cl)cn2)cc1. The van der Waals surface area contributed by atoms with Crippen molar-refractivity contribution in [2.75, 3.05) is 5.32 Å². The first-order chi connectivity index (χ1) is 12.3. The molecule has 0 aliphatic carbocycles. The van der Waals surface area contributed by atoms with Crippen molar-refractivity contribution >= 4 is 35.1 Å². The molecule has 7 heteroatoms. The number of Topliss-reactive ketones (excluding diaryl/α,β-unsaturated/α-hetero) is 1. The lowest BCUT2D eigenvalue weighted by molar-refractivity contribution is -0.153. The lowest BCUT2D eigenvalue weighted by Crippen LogP contribution is -2.30. The van der Waals surface area contributed by atoms with Gasteiger partial charge in [-0.1, -0.05) is 41.4 Å². The second-order valence-corrected chi connectivity index (χ2v) is 6.21. The summed E-state index contributed by atoms with van der Waals surface area (Å²) in [5.74, 6) is -0.975. The third kappa shape index (κ3) is 5.97. The molecule has 0 aliphatic rings. The molecule has 0 aliphatic heterocycles. The van der Waals surface area contributed by atoms with Gasteiger partial charge in [0.25, 0.3) is 5.91 Å². The van der Waals surface area contributed by atoms with Crippen LogP contribution in [-0.2, 0) is 14.3 Å². The van der Waals surface area contributed by atoms with E-state index in [4.69, 9.17) is 16.3 Å². The van der Waals surface area contributed by atoms with E-state index in [2.05, 4.69) is 10.3 Å². The number of carbonyl (C=O) groups excluding carboxylic acids is 3. The Labute approximate surface area is 156 Å². The molecular weight excluding hydrogens is 356 g/mol. The summed E-state index contributed by atoms with van der Waals surface area (Å²) in [6.07, 6.45) is 0.317. The zero-order valence-electron chi connectivity index (χ0n) is 14.5. The Morgan fingerprint density at radius 3 is 2.42 bits per heavy atom. The quantitative estimate of drug-likeness (QED) is 0.591. The molecule has 1 N–H and O–H groups in total. The van der Waals surface area contributed by atoms with Crippen LogP contribution in [-0.4, -0.2) is 28.7 Å². The number of ether oxygens (including phenoxy) is 1. The number of rotatable bonds is 7. The van der Waals surface area contributed by atoms with Crippen molar-refractivity contribution in [2.24, 2.45) is 0 Å². The Kier molecular flexibility index (Phi) is 6.86. The van der Waals surface area contributed by atoms with Crippen molar-refractivity contribution in [3.05, 3.63) is 58.7 Å². The van der Waals surface area contributed by atoms with Crippen LogP contribution in [0, 0.1) is 6.92 Å². The lowest BCUT2D eigenvalue weighted by Gasteiger charge is -2.13. The largest absolute Gasteiger partial charge is 0.453 e. The number of nitrogens with zero attached hydrogens (tertiary/aromatic N) is 1. The summed E-state index contributed by atoms with van der Waals surface area (Å²) in [4.78, 5) is 39.8. The number of aromatic nitrogens is 1. The Bertz CT molecular complexity index is 788. The van der Waals surface area contributed by atoms with Crippen LogP contribution in [0.2, 0.25) is 5.02 Å². The average molecular weight is 375 g/mol. The molecule has 0 bridgehead atoms. The van der Waals surface area contributed by atoms with Crippen LogP contribution in [0.5, 0.6) is 0 Å². The fourth-order valence-corrected chi connectivity index (χ4v) is 2.20. The number of nitrogens with one attached hydrogen (secondary N) is 1. The number of amides is 1. The molecule has 136 valence electrons. The zero-order valence-corrected chi connectivity index (χ0v) is 15.2. The molecule has 6 nitrogen and oxygen atoms in total. The predicted molar refractivity (Wildman–Crippen MR) is 98.2 cm³/mol. The minimum atomic E-state index is -1.01. The molecule has 2 aromatic rings. The summed E-state index contributed by atoms with van der Waals surface area (Å²) < 4.78 is 5.06. The van der Waals surface area contributed by atoms with Crippen LogP contribution in [0.25, 0.3) is 0 Å². The molecule has 1 amide bonds. The molecule has 1 heterocycles. The third-order valence-corrected chi connectivity index (χ3v) is 3.81. The minimum absolute atomic E-state index is 0.0228. The number of esters is 1. The molecule has 0 radical (unpaired) electrons. The first-order valence-corrected chi connectivity index (χ1v) is 8.44. The summed E-state index contributed by atoms with van der Waals surface area (Å²) in [5, 5.41) is 2.96. The van der Waals surface area contributed by atoms with Gasteiger partial charge in [0, 0.05) is 18.2 Å². The van der Waals surface area contributed by atoms with Crippen LogP contribution >= 0.6 is 11.6 Å². The van der Waals surface area contributed by atoms with Crippen molar-refractivity contribution in [3.63, 3.8) is 0 Å². The average Bonchev–Trinajstić information content (AvgIpc) is 2.62. The van der Waals surface area contributed by atoms with Crippen molar-refractivity contribution in [1.82, 2.24) is 4.98 Å². The van der Waals surface area contributed by atoms with Crippen molar-refractivity contribution in [3.8, 4) is 0 Å². The summed E-state index contributed by atoms with van der Waals surface area (Å²) in [6.45, 7) is 3.38. The summed E-state index contributed by atoms with van der Waals surface area (Å²) in [7, 11) is 0. The van der Waals surface area contributed by atoms with E-state index in [-0.39, 0.29) is 18.6 Å². The summed E-state index contributed by atoms with van der Waals surface area (Å²) in [6, 6.07) is 10.2. The van der Waals surface area contributed by atoms with E-state index >= 15 is 0 Å². The number of halogens is 1. The molecular formula is C19H19ClN2O4. The van der Waals surface area contributed by atoms with Gasteiger partial charge in [-0.3, -0.25) is 14.4 Å². The van der Waals surface area contributed by atoms with Crippen molar-refractivity contribution in [1.29, 1.82) is 0 Å². The van der Waals surface area contributed by atoms with E-state index in [0.29, 0.717) is 16.4 Å². The smallest absolute Gasteiger partial charge is 0.307 e. The van der Waals surface area contributed by atoms with Gasteiger partial charge in [-0.05, 0) is 26.0 Å². The van der Waals surface area contributed by atoms with Gasteiger partial charge < -0.3 is 10.1 Å². The number of ketones is 1. The highest BCUT2D eigenvalue weighted by Gasteiger charge is 2.19. The molecule has 0 fully saturated rings. The summed E-state index contributed by atoms with van der Waals surface area (Å²) >= 11 is 5.72. The van der Waals surface area contributed by atoms with Gasteiger partial charge in [0.1, 0.15) is 5.82 Å². The first kappa shape index (κ1) is 19.6. The Balaban J connectivity index is 1.79. The van der Waals surface area contributed by atoms with Crippen molar-refractivity contribution < 1.29 is 19.1 Å². The van der Waals surface area contributed by atoms with Crippen LogP contribution in [0.15, 0.2) is 42.6 Å². The molecule has 0 spiro atoms. The maximum absolute atomic E-state index is 12.0. The van der Waals surface area contributed by atoms with E-state index in [0.717, 1.165) is 5.56 Å². The molecule has 2 rings (SSSR count). The van der Waals surface area contributed by atoms with E-state index in [1.165, 1.54) is 19.2 Å². The van der Waals surface area contributed by atoms with E-state index in [1.54, 1.807) is 18.2 Å². The van der Waals surface area contributed by atoms with Gasteiger partial charge in [-0.25, -0.2) is 4.98 Å². The number of benzene rings is 1. The number of anilines is 1. The zero-order chi connectivity index (χ0) is 19.1. The monoisotopic (exact) mass is 374 g/mol. The number of carbonyl (C=O) groups is 3. The second kappa shape index (κ2) is 9.10. The fourth-order valence-electron chi connectivity index (χ4n) is 2.09. The van der Waals surface area contributed by atoms with E-state index in [1.807, 2.05) is 19.1 Å². The van der Waals surface area contributed by atoms with Crippen molar-refractivity contribution in [2.45, 2.75) is 32.8 Å². The maximum Gasteiger partial charge on any atom is 0.307 e. The number of pyridine rings is 1. The molecule has 0 unspecified atom stereocenters. The van der Waals surface area contributed by atoms with Crippen LogP contribution < -0.4 is 5.32 Å². The molecule has 1 atom stereocenters. The number of aryl methyl sites for hydroxylation is 1. The Morgan fingerprint density at radius 2 is 1.81 bits per heavy atom. The van der Waals surface area contributed by atoms with Gasteiger partial charge in [0.2, 0.25) is 0 Å². The predicted octanol–water partition coefficient (Wildman–Crippen LogP) is 3.58. The number of hydrogen-bond donors (Lipinski definition) is 1. The topological polar surface area (TPSA) is 85.4 Å². The standard InChI is InChI=1S/C19H19ClN2O4/c1-12-3-5-14(6-4-12)16(23)8-10-18(24)26-13(2)19(25)22-17-9-7-15(20)11-21-17/h3-7,9,11,13H,8,10H2,1-2H3,(H,21,22,25)/t13-/m0/s1. The van der Waals surface area contributed by atoms with Crippen LogP contribution in [0.1, 0.15) is 35.7 Å². The molecule has 26 heavy (non-hydrogen) atoms. The van der Waals surface area contributed by atoms with Crippen LogP contribution in [0.3, 0.4) is 0 Å². The van der Waals surface area contributed by atoms with E-state index < -0.39 is 18.0 Å². The molecule has 0 saturated heterocycles. The minimum Gasteiger partial charge on any atom is -0.453 e. The van der Waals surface area contributed by atoms with Gasteiger partial charge in [-0.15, -0.1) is 0 Å². The molecule has 1 aromatic carbocycles. The van der Waals surface area contributed by atoms with Gasteiger partial charge in [0.05, 0.1) is 11.4 Å². The lowest BCUT2D eigenvalue weighted by atomic mass is 10.1. The highest BCUT2D eigenvalue weighted by atomic mass is 35.5. The highest BCUT2D eigenvalue weighted by molar-refractivity contribution is 6.30. The highest BCUT2D eigenvalue weighted by Crippen LogP contribution is 2.11. The fraction of sp³-hybridized carbons (Fsp3) is 0.263. The summed E-state index contributed by atoms with van der Waals surface area (Å²) in [5.41, 5.74) is 1.60. The molecule has 0 saturated carbocycles. The van der Waals surface area contributed by atoms with E-state index in [9.17, 15) is 14.4 Å².